The lowest BCUT2D eigenvalue weighted by Gasteiger charge is -2.43. The van der Waals surface area contributed by atoms with Crippen LogP contribution < -0.4 is 4.43 Å². The Morgan fingerprint density at radius 1 is 0.655 bits per heavy atom. The number of rotatable bonds is 6. The van der Waals surface area contributed by atoms with Crippen LogP contribution in [-0.4, -0.2) is 27.6 Å². The molecule has 8 rings (SSSR count). The lowest BCUT2D eigenvalue weighted by molar-refractivity contribution is 0.311. The van der Waals surface area contributed by atoms with Crippen LogP contribution in [0.2, 0.25) is 28.2 Å². The van der Waals surface area contributed by atoms with Gasteiger partial charge in [0.2, 0.25) is 0 Å². The summed E-state index contributed by atoms with van der Waals surface area (Å²) in [4.78, 5) is 0. The number of phenolic OH excluding ortho intramolecular Hbond substituents is 1. The molecule has 0 aromatic heterocycles. The fraction of sp³-hybridized carbons (Fsp3) is 0.583. The van der Waals surface area contributed by atoms with Gasteiger partial charge in [-0.15, -0.1) is 0 Å². The van der Waals surface area contributed by atoms with E-state index in [0.29, 0.717) is 33.7 Å². The van der Waals surface area contributed by atoms with E-state index in [0.717, 1.165) is 28.4 Å². The van der Waals surface area contributed by atoms with Crippen molar-refractivity contribution in [1.82, 2.24) is 0 Å². The van der Waals surface area contributed by atoms with Crippen LogP contribution in [0.5, 0.6) is 11.5 Å². The van der Waals surface area contributed by atoms with Gasteiger partial charge in [-0.3, -0.25) is 0 Å². The maximum Gasteiger partial charge on any atom is 0.250 e. The molecule has 0 spiro atoms. The zero-order valence-corrected chi connectivity index (χ0v) is 37.0. The topological polar surface area (TPSA) is 47.9 Å². The lowest BCUT2D eigenvalue weighted by atomic mass is 9.62. The van der Waals surface area contributed by atoms with Crippen LogP contribution in [0.25, 0.3) is 11.5 Å². The van der Waals surface area contributed by atoms with Gasteiger partial charge in [-0.25, -0.2) is 0 Å². The number of aromatic hydroxyl groups is 1. The molecular weight excluding hydrogens is 740 g/mol. The second-order valence-corrected chi connectivity index (χ2v) is 24.1. The van der Waals surface area contributed by atoms with Gasteiger partial charge in [0.1, 0.15) is 23.0 Å². The van der Waals surface area contributed by atoms with Gasteiger partial charge in [0.25, 0.3) is 8.32 Å². The van der Waals surface area contributed by atoms with E-state index < -0.39 is 8.32 Å². The van der Waals surface area contributed by atoms with Crippen molar-refractivity contribution in [2.45, 2.75) is 142 Å². The first kappa shape index (κ1) is 40.6. The minimum absolute atomic E-state index is 0.124. The summed E-state index contributed by atoms with van der Waals surface area (Å²) in [6, 6.07) is 11.7. The maximum absolute atomic E-state index is 10.0. The van der Waals surface area contributed by atoms with Crippen molar-refractivity contribution in [3.05, 3.63) is 91.0 Å². The summed E-state index contributed by atoms with van der Waals surface area (Å²) in [6.45, 7) is 11.3. The van der Waals surface area contributed by atoms with Gasteiger partial charge in [0, 0.05) is 23.0 Å². The fourth-order valence-corrected chi connectivity index (χ4v) is 12.0. The Hall–Kier alpha value is -2.60. The Balaban J connectivity index is 0.000000174. The average Bonchev–Trinajstić information content (AvgIpc) is 3.15. The molecule has 6 aliphatic carbocycles. The number of allylic oxidation sites excluding steroid dienone is 6. The van der Waals surface area contributed by atoms with Crippen LogP contribution in [0.3, 0.4) is 0 Å². The van der Waals surface area contributed by atoms with Gasteiger partial charge in [-0.2, -0.15) is 0 Å². The highest BCUT2D eigenvalue weighted by molar-refractivity contribution is 6.74. The van der Waals surface area contributed by atoms with E-state index in [1.807, 2.05) is 19.2 Å². The third-order valence-corrected chi connectivity index (χ3v) is 19.3. The molecule has 0 amide bonds. The van der Waals surface area contributed by atoms with Crippen molar-refractivity contribution in [3.63, 3.8) is 0 Å². The first-order valence-electron chi connectivity index (χ1n) is 21.3. The van der Waals surface area contributed by atoms with Gasteiger partial charge < -0.3 is 19.0 Å². The van der Waals surface area contributed by atoms with Crippen molar-refractivity contribution in [3.8, 4) is 11.5 Å². The molecule has 4 unspecified atom stereocenters. The van der Waals surface area contributed by atoms with E-state index in [2.05, 4.69) is 46.0 Å². The van der Waals surface area contributed by atoms with Crippen molar-refractivity contribution in [2.24, 2.45) is 23.7 Å². The fourth-order valence-electron chi connectivity index (χ4n) is 10.7. The molecule has 0 aliphatic heterocycles. The molecule has 4 atom stereocenters. The van der Waals surface area contributed by atoms with Crippen LogP contribution in [0.4, 0.5) is 0 Å². The summed E-state index contributed by atoms with van der Waals surface area (Å²) in [5.74, 6) is 5.35. The normalized spacial score (nSPS) is 26.9. The molecule has 55 heavy (non-hydrogen) atoms. The zero-order chi connectivity index (χ0) is 39.1. The van der Waals surface area contributed by atoms with Crippen LogP contribution in [0, 0.1) is 23.7 Å². The molecule has 0 heterocycles. The first-order valence-corrected chi connectivity index (χ1v) is 24.9. The maximum atomic E-state index is 10.0. The quantitative estimate of drug-likeness (QED) is 0.180. The number of methoxy groups -OCH3 is 2. The smallest absolute Gasteiger partial charge is 0.250 e. The minimum atomic E-state index is -1.98. The number of hydrogen-bond donors (Lipinski definition) is 1. The number of hydrogen-bond acceptors (Lipinski definition) is 4. The molecule has 4 bridgehead atoms. The van der Waals surface area contributed by atoms with Crippen LogP contribution >= 0.6 is 23.2 Å². The SMILES string of the molecule is CO/C(=C1\C2CCCC1C1=C(CCCC1)C2)c1ccc(Cl)c(O)c1.CO/C(=C1\C2CCCC1C1=C(CCCC1)C2)c1ccc(Cl)c(O[Si](C)(C)C(C)(C)C)c1. The number of ether oxygens (including phenoxy) is 2. The van der Waals surface area contributed by atoms with Crippen molar-refractivity contribution in [2.75, 3.05) is 14.2 Å². The summed E-state index contributed by atoms with van der Waals surface area (Å²) in [5, 5.41) is 11.2. The number of fused-ring (bicyclic) bond motifs is 6. The molecule has 2 aromatic carbocycles. The van der Waals surface area contributed by atoms with Gasteiger partial charge in [-0.05, 0) is 167 Å². The summed E-state index contributed by atoms with van der Waals surface area (Å²) in [7, 11) is 1.62. The largest absolute Gasteiger partial charge is 0.542 e. The van der Waals surface area contributed by atoms with Gasteiger partial charge in [0.15, 0.2) is 0 Å². The second-order valence-electron chi connectivity index (χ2n) is 18.6. The Bertz CT molecular complexity index is 1890. The van der Waals surface area contributed by atoms with E-state index in [4.69, 9.17) is 37.1 Å². The molecule has 7 heteroatoms. The lowest BCUT2D eigenvalue weighted by Crippen LogP contribution is -2.43. The van der Waals surface area contributed by atoms with Gasteiger partial charge in [-0.1, -0.05) is 79.1 Å². The van der Waals surface area contributed by atoms with E-state index in [9.17, 15) is 5.11 Å². The molecule has 2 fully saturated rings. The molecule has 4 nitrogen and oxygen atoms in total. The van der Waals surface area contributed by atoms with Crippen molar-refractivity contribution in [1.29, 1.82) is 0 Å². The first-order chi connectivity index (χ1) is 26.3. The highest BCUT2D eigenvalue weighted by atomic mass is 35.5. The third kappa shape index (κ3) is 8.24. The molecule has 0 radical (unpaired) electrons. The number of phenols is 1. The molecule has 6 aliphatic rings. The zero-order valence-electron chi connectivity index (χ0n) is 34.5. The standard InChI is InChI=1S/C27H39ClO2Si.C21H25ClO2/c1-27(2,3)31(5,6)30-24-17-20(14-15-23(24)28)26(29-4)25-19-11-9-13-22(25)21-12-8-7-10-18(21)16-19;1-24-21(15-9-10-18(22)19(23)12-15)20-14-6-4-8-17(20)16-7-3-2-5-13(16)11-14/h14-15,17,19,22H,7-13,16H2,1-6H3;9-10,12,14,17,23H,2-8,11H2,1H3/b26-25+;21-20+. The molecule has 1 N–H and O–H groups in total. The predicted octanol–water partition coefficient (Wildman–Crippen LogP) is 14.9. The van der Waals surface area contributed by atoms with Crippen molar-refractivity contribution < 1.29 is 19.0 Å². The van der Waals surface area contributed by atoms with Crippen LogP contribution in [0.15, 0.2) is 69.8 Å². The van der Waals surface area contributed by atoms with Crippen LogP contribution in [0.1, 0.15) is 135 Å². The summed E-state index contributed by atoms with van der Waals surface area (Å²) < 4.78 is 18.7. The minimum Gasteiger partial charge on any atom is -0.542 e. The molecule has 0 saturated heterocycles. The Morgan fingerprint density at radius 2 is 1.13 bits per heavy atom. The van der Waals surface area contributed by atoms with Crippen molar-refractivity contribution >= 4 is 43.0 Å². The Morgan fingerprint density at radius 3 is 1.60 bits per heavy atom. The highest BCUT2D eigenvalue weighted by Crippen LogP contribution is 2.55. The number of benzene rings is 2. The Kier molecular flexibility index (Phi) is 12.3. The molecule has 2 aromatic rings. The van der Waals surface area contributed by atoms with E-state index >= 15 is 0 Å². The van der Waals surface area contributed by atoms with E-state index in [-0.39, 0.29) is 10.8 Å². The van der Waals surface area contributed by atoms with Crippen LogP contribution in [-0.2, 0) is 9.47 Å². The summed E-state index contributed by atoms with van der Waals surface area (Å²) in [6.07, 6.45) is 20.8. The summed E-state index contributed by atoms with van der Waals surface area (Å²) >= 11 is 12.6. The Labute approximate surface area is 342 Å². The summed E-state index contributed by atoms with van der Waals surface area (Å²) in [5.41, 5.74) is 12.1. The second kappa shape index (κ2) is 16.7. The third-order valence-electron chi connectivity index (χ3n) is 14.3. The predicted molar refractivity (Wildman–Crippen MR) is 232 cm³/mol. The van der Waals surface area contributed by atoms with E-state index in [1.165, 1.54) is 108 Å². The van der Waals surface area contributed by atoms with E-state index in [1.54, 1.807) is 47.1 Å². The highest BCUT2D eigenvalue weighted by Gasteiger charge is 2.42. The molecular formula is C48H64Cl2O4Si. The van der Waals surface area contributed by atoms with Gasteiger partial charge >= 0.3 is 0 Å². The number of halogens is 2. The average molecular weight is 804 g/mol. The molecule has 298 valence electrons. The monoisotopic (exact) mass is 802 g/mol. The molecule has 2 saturated carbocycles. The van der Waals surface area contributed by atoms with Gasteiger partial charge in [0.05, 0.1) is 24.3 Å².